The van der Waals surface area contributed by atoms with Gasteiger partial charge in [0.15, 0.2) is 6.10 Å². The summed E-state index contributed by atoms with van der Waals surface area (Å²) in [5, 5.41) is 2.10. The number of carbonyl (C=O) groups excluding carboxylic acids is 2. The van der Waals surface area contributed by atoms with Crippen molar-refractivity contribution in [1.29, 1.82) is 0 Å². The van der Waals surface area contributed by atoms with Crippen molar-refractivity contribution in [2.24, 2.45) is 0 Å². The van der Waals surface area contributed by atoms with E-state index in [1.807, 2.05) is 13.8 Å². The molecular formula is C17H17F2NO3S. The lowest BCUT2D eigenvalue weighted by atomic mass is 10.2. The quantitative estimate of drug-likeness (QED) is 0.824. The van der Waals surface area contributed by atoms with Gasteiger partial charge in [-0.25, -0.2) is 13.6 Å². The fraction of sp³-hybridized carbons (Fsp3) is 0.294. The number of halogens is 2. The van der Waals surface area contributed by atoms with Crippen LogP contribution in [-0.2, 0) is 16.0 Å². The molecule has 0 fully saturated rings. The fourth-order valence-corrected chi connectivity index (χ4v) is 3.08. The summed E-state index contributed by atoms with van der Waals surface area (Å²) in [4.78, 5) is 25.5. The number of para-hydroxylation sites is 1. The third kappa shape index (κ3) is 3.97. The maximum absolute atomic E-state index is 13.5. The zero-order chi connectivity index (χ0) is 17.9. The number of hydrogen-bond donors (Lipinski definition) is 1. The number of nitrogens with one attached hydrogen (secondary N) is 1. The van der Waals surface area contributed by atoms with Crippen LogP contribution in [0.5, 0.6) is 0 Å². The van der Waals surface area contributed by atoms with Crippen molar-refractivity contribution >= 4 is 28.9 Å². The molecule has 1 heterocycles. The summed E-state index contributed by atoms with van der Waals surface area (Å²) >= 11 is 1.30. The lowest BCUT2D eigenvalue weighted by Crippen LogP contribution is -2.30. The van der Waals surface area contributed by atoms with E-state index in [1.54, 1.807) is 6.07 Å². The fourth-order valence-electron chi connectivity index (χ4n) is 2.09. The molecule has 0 aliphatic carbocycles. The Labute approximate surface area is 142 Å². The number of thiophene rings is 1. The predicted molar refractivity (Wildman–Crippen MR) is 88.3 cm³/mol. The van der Waals surface area contributed by atoms with E-state index in [-0.39, 0.29) is 0 Å². The van der Waals surface area contributed by atoms with E-state index < -0.39 is 35.3 Å². The Morgan fingerprint density at radius 2 is 1.92 bits per heavy atom. The van der Waals surface area contributed by atoms with Gasteiger partial charge in [0.1, 0.15) is 22.2 Å². The summed E-state index contributed by atoms with van der Waals surface area (Å²) in [5.41, 5.74) is 0.422. The first-order valence-corrected chi connectivity index (χ1v) is 8.20. The molecule has 0 spiro atoms. The van der Waals surface area contributed by atoms with Crippen molar-refractivity contribution in [3.05, 3.63) is 51.2 Å². The maximum atomic E-state index is 13.5. The SMILES string of the molecule is CCc1sc(C(=O)O[C@H](C)C(=O)Nc2c(F)cccc2F)cc1C. The minimum absolute atomic E-state index is 0.390. The lowest BCUT2D eigenvalue weighted by Gasteiger charge is -2.13. The largest absolute Gasteiger partial charge is 0.448 e. The first-order chi connectivity index (χ1) is 11.3. The molecule has 0 radical (unpaired) electrons. The number of amides is 1. The normalized spacial score (nSPS) is 11.9. The molecular weight excluding hydrogens is 336 g/mol. The van der Waals surface area contributed by atoms with Crippen LogP contribution < -0.4 is 5.32 Å². The molecule has 2 aromatic rings. The van der Waals surface area contributed by atoms with Crippen LogP contribution in [0.1, 0.15) is 34.0 Å². The molecule has 0 aliphatic heterocycles. The van der Waals surface area contributed by atoms with Gasteiger partial charge in [-0.3, -0.25) is 4.79 Å². The van der Waals surface area contributed by atoms with Gasteiger partial charge in [0.2, 0.25) is 0 Å². The van der Waals surface area contributed by atoms with Gasteiger partial charge in [-0.15, -0.1) is 11.3 Å². The standard InChI is InChI=1S/C17H17F2NO3S/c1-4-13-9(2)8-14(24-13)17(22)23-10(3)16(21)20-15-11(18)6-5-7-12(15)19/h5-8,10H,4H2,1-3H3,(H,20,21)/t10-/m1/s1. The number of aryl methyl sites for hydroxylation is 2. The highest BCUT2D eigenvalue weighted by Gasteiger charge is 2.22. The van der Waals surface area contributed by atoms with E-state index in [1.165, 1.54) is 24.3 Å². The second-order valence-electron chi connectivity index (χ2n) is 5.20. The summed E-state index contributed by atoms with van der Waals surface area (Å²) < 4.78 is 32.1. The number of rotatable bonds is 5. The number of hydrogen-bond acceptors (Lipinski definition) is 4. The summed E-state index contributed by atoms with van der Waals surface area (Å²) in [6.45, 7) is 5.21. The molecule has 0 bridgehead atoms. The molecule has 128 valence electrons. The van der Waals surface area contributed by atoms with Crippen molar-refractivity contribution in [3.8, 4) is 0 Å². The van der Waals surface area contributed by atoms with Crippen LogP contribution in [0.2, 0.25) is 0 Å². The van der Waals surface area contributed by atoms with Gasteiger partial charge in [0.05, 0.1) is 0 Å². The van der Waals surface area contributed by atoms with Gasteiger partial charge in [0, 0.05) is 4.88 Å². The van der Waals surface area contributed by atoms with E-state index in [4.69, 9.17) is 4.74 Å². The van der Waals surface area contributed by atoms with Gasteiger partial charge in [0.25, 0.3) is 5.91 Å². The second kappa shape index (κ2) is 7.53. The molecule has 0 unspecified atom stereocenters. The molecule has 0 saturated carbocycles. The second-order valence-corrected chi connectivity index (χ2v) is 6.34. The highest BCUT2D eigenvalue weighted by atomic mass is 32.1. The molecule has 0 aliphatic rings. The van der Waals surface area contributed by atoms with Crippen molar-refractivity contribution in [1.82, 2.24) is 0 Å². The highest BCUT2D eigenvalue weighted by Crippen LogP contribution is 2.24. The third-order valence-corrected chi connectivity index (χ3v) is 4.77. The number of ether oxygens (including phenoxy) is 1. The Morgan fingerprint density at radius 1 is 1.29 bits per heavy atom. The molecule has 2 rings (SSSR count). The molecule has 0 saturated heterocycles. The number of anilines is 1. The predicted octanol–water partition coefficient (Wildman–Crippen LogP) is 4.08. The monoisotopic (exact) mass is 353 g/mol. The first kappa shape index (κ1) is 18.1. The topological polar surface area (TPSA) is 55.4 Å². The molecule has 1 aromatic carbocycles. The minimum Gasteiger partial charge on any atom is -0.448 e. The highest BCUT2D eigenvalue weighted by molar-refractivity contribution is 7.14. The van der Waals surface area contributed by atoms with Crippen LogP contribution in [-0.4, -0.2) is 18.0 Å². The average molecular weight is 353 g/mol. The van der Waals surface area contributed by atoms with Crippen LogP contribution in [0.25, 0.3) is 0 Å². The molecule has 1 atom stereocenters. The van der Waals surface area contributed by atoms with Crippen LogP contribution in [0.3, 0.4) is 0 Å². The third-order valence-electron chi connectivity index (χ3n) is 3.41. The van der Waals surface area contributed by atoms with Crippen molar-refractivity contribution in [2.75, 3.05) is 5.32 Å². The molecule has 1 amide bonds. The Bertz CT molecular complexity index is 753. The molecule has 24 heavy (non-hydrogen) atoms. The van der Waals surface area contributed by atoms with Crippen LogP contribution in [0, 0.1) is 18.6 Å². The molecule has 1 N–H and O–H groups in total. The van der Waals surface area contributed by atoms with E-state index in [0.29, 0.717) is 4.88 Å². The zero-order valence-electron chi connectivity index (χ0n) is 13.5. The van der Waals surface area contributed by atoms with E-state index in [2.05, 4.69) is 5.32 Å². The van der Waals surface area contributed by atoms with Crippen LogP contribution in [0.4, 0.5) is 14.5 Å². The van der Waals surface area contributed by atoms with Gasteiger partial charge in [-0.1, -0.05) is 13.0 Å². The number of esters is 1. The van der Waals surface area contributed by atoms with Crippen molar-refractivity contribution in [2.45, 2.75) is 33.3 Å². The summed E-state index contributed by atoms with van der Waals surface area (Å²) in [6, 6.07) is 4.94. The first-order valence-electron chi connectivity index (χ1n) is 7.38. The van der Waals surface area contributed by atoms with E-state index >= 15 is 0 Å². The average Bonchev–Trinajstić information content (AvgIpc) is 2.92. The molecule has 4 nitrogen and oxygen atoms in total. The Morgan fingerprint density at radius 3 is 2.46 bits per heavy atom. The summed E-state index contributed by atoms with van der Waals surface area (Å²) in [7, 11) is 0. The number of benzene rings is 1. The minimum atomic E-state index is -1.19. The molecule has 7 heteroatoms. The Hall–Kier alpha value is -2.28. The molecule has 1 aromatic heterocycles. The van der Waals surface area contributed by atoms with Gasteiger partial charge < -0.3 is 10.1 Å². The summed E-state index contributed by atoms with van der Waals surface area (Å²) in [6.07, 6.45) is -0.393. The van der Waals surface area contributed by atoms with Crippen LogP contribution >= 0.6 is 11.3 Å². The van der Waals surface area contributed by atoms with Crippen molar-refractivity contribution < 1.29 is 23.1 Å². The van der Waals surface area contributed by atoms with E-state index in [9.17, 15) is 18.4 Å². The maximum Gasteiger partial charge on any atom is 0.349 e. The summed E-state index contributed by atoms with van der Waals surface area (Å²) in [5.74, 6) is -3.25. The van der Waals surface area contributed by atoms with Crippen LogP contribution in [0.15, 0.2) is 24.3 Å². The lowest BCUT2D eigenvalue weighted by molar-refractivity contribution is -0.123. The van der Waals surface area contributed by atoms with Gasteiger partial charge in [-0.05, 0) is 44.0 Å². The Kier molecular flexibility index (Phi) is 5.66. The van der Waals surface area contributed by atoms with Gasteiger partial charge in [-0.2, -0.15) is 0 Å². The van der Waals surface area contributed by atoms with Gasteiger partial charge >= 0.3 is 5.97 Å². The Balaban J connectivity index is 2.04. The number of carbonyl (C=O) groups is 2. The smallest absolute Gasteiger partial charge is 0.349 e. The van der Waals surface area contributed by atoms with Crippen molar-refractivity contribution in [3.63, 3.8) is 0 Å². The van der Waals surface area contributed by atoms with E-state index in [0.717, 1.165) is 29.0 Å². The zero-order valence-corrected chi connectivity index (χ0v) is 14.3.